The Labute approximate surface area is 119 Å². The second-order valence-corrected chi connectivity index (χ2v) is 5.93. The van der Waals surface area contributed by atoms with Gasteiger partial charge in [-0.2, -0.15) is 5.10 Å². The molecule has 0 aliphatic carbocycles. The molecule has 1 atom stereocenters. The van der Waals surface area contributed by atoms with Crippen molar-refractivity contribution in [1.82, 2.24) is 15.5 Å². The molecule has 1 heterocycles. The molecule has 1 rings (SSSR count). The van der Waals surface area contributed by atoms with E-state index in [-0.39, 0.29) is 17.5 Å². The Balaban J connectivity index is 2.69. The van der Waals surface area contributed by atoms with E-state index in [1.807, 2.05) is 13.8 Å². The highest BCUT2D eigenvalue weighted by Crippen LogP contribution is 2.08. The van der Waals surface area contributed by atoms with Crippen molar-refractivity contribution in [2.24, 2.45) is 17.6 Å². The van der Waals surface area contributed by atoms with E-state index in [1.54, 1.807) is 6.07 Å². The fourth-order valence-corrected chi connectivity index (χ4v) is 1.97. The average molecular weight is 280 g/mol. The van der Waals surface area contributed by atoms with Crippen LogP contribution in [0.15, 0.2) is 6.07 Å². The van der Waals surface area contributed by atoms with Gasteiger partial charge in [-0.3, -0.25) is 14.7 Å². The standard InChI is InChI=1S/C14H24N4O2/c1-8(2)5-10-7-12(18-17-10)14(20)16-11(13(15)19)6-9(3)4/h7-9,11H,5-6H2,1-4H3,(H2,15,19)(H,16,20)(H,17,18)/t11-/m0/s1. The first-order chi connectivity index (χ1) is 9.29. The lowest BCUT2D eigenvalue weighted by atomic mass is 10.0. The number of H-pyrrole nitrogens is 1. The van der Waals surface area contributed by atoms with Crippen LogP contribution < -0.4 is 11.1 Å². The van der Waals surface area contributed by atoms with Crippen molar-refractivity contribution < 1.29 is 9.59 Å². The summed E-state index contributed by atoms with van der Waals surface area (Å²) in [6.07, 6.45) is 1.34. The SMILES string of the molecule is CC(C)Cc1cc(C(=O)N[C@@H](CC(C)C)C(N)=O)n[nH]1. The van der Waals surface area contributed by atoms with Gasteiger partial charge in [-0.05, 0) is 30.7 Å². The Morgan fingerprint density at radius 1 is 1.30 bits per heavy atom. The third-order valence-electron chi connectivity index (χ3n) is 2.85. The number of aromatic amines is 1. The number of amides is 2. The second kappa shape index (κ2) is 7.07. The fraction of sp³-hybridized carbons (Fsp3) is 0.643. The number of carbonyl (C=O) groups excluding carboxylic acids is 2. The van der Waals surface area contributed by atoms with Gasteiger partial charge in [-0.15, -0.1) is 0 Å². The van der Waals surface area contributed by atoms with Crippen molar-refractivity contribution in [3.8, 4) is 0 Å². The minimum Gasteiger partial charge on any atom is -0.368 e. The van der Waals surface area contributed by atoms with Gasteiger partial charge < -0.3 is 11.1 Å². The smallest absolute Gasteiger partial charge is 0.272 e. The van der Waals surface area contributed by atoms with Crippen LogP contribution in [0.4, 0.5) is 0 Å². The molecule has 0 saturated carbocycles. The van der Waals surface area contributed by atoms with Gasteiger partial charge in [0.15, 0.2) is 0 Å². The Morgan fingerprint density at radius 3 is 2.45 bits per heavy atom. The molecule has 0 spiro atoms. The highest BCUT2D eigenvalue weighted by Gasteiger charge is 2.21. The lowest BCUT2D eigenvalue weighted by Crippen LogP contribution is -2.45. The van der Waals surface area contributed by atoms with Crippen molar-refractivity contribution in [3.05, 3.63) is 17.5 Å². The average Bonchev–Trinajstić information content (AvgIpc) is 2.74. The number of hydrogen-bond acceptors (Lipinski definition) is 3. The molecule has 112 valence electrons. The van der Waals surface area contributed by atoms with Crippen molar-refractivity contribution in [2.45, 2.75) is 46.6 Å². The van der Waals surface area contributed by atoms with Crippen LogP contribution in [0.25, 0.3) is 0 Å². The lowest BCUT2D eigenvalue weighted by Gasteiger charge is -2.16. The summed E-state index contributed by atoms with van der Waals surface area (Å²) in [6, 6.07) is 1.05. The number of aromatic nitrogens is 2. The minimum atomic E-state index is -0.659. The molecule has 0 bridgehead atoms. The van der Waals surface area contributed by atoms with Crippen LogP contribution in [-0.4, -0.2) is 28.1 Å². The number of carbonyl (C=O) groups is 2. The number of primary amides is 1. The summed E-state index contributed by atoms with van der Waals surface area (Å²) in [5.74, 6) is -0.153. The van der Waals surface area contributed by atoms with Gasteiger partial charge in [-0.1, -0.05) is 27.7 Å². The molecule has 0 aliphatic heterocycles. The molecule has 6 nitrogen and oxygen atoms in total. The van der Waals surface area contributed by atoms with Crippen molar-refractivity contribution in [1.29, 1.82) is 0 Å². The van der Waals surface area contributed by atoms with E-state index in [0.717, 1.165) is 12.1 Å². The molecule has 0 aliphatic rings. The minimum absolute atomic E-state index is 0.267. The number of hydrogen-bond donors (Lipinski definition) is 3. The van der Waals surface area contributed by atoms with E-state index in [4.69, 9.17) is 5.73 Å². The molecule has 0 radical (unpaired) electrons. The maximum Gasteiger partial charge on any atom is 0.272 e. The molecule has 1 aromatic heterocycles. The van der Waals surface area contributed by atoms with E-state index in [0.29, 0.717) is 12.3 Å². The van der Waals surface area contributed by atoms with E-state index in [1.165, 1.54) is 0 Å². The Hall–Kier alpha value is -1.85. The van der Waals surface area contributed by atoms with Crippen LogP contribution >= 0.6 is 0 Å². The molecule has 0 aromatic carbocycles. The third-order valence-corrected chi connectivity index (χ3v) is 2.85. The molecule has 0 saturated heterocycles. The number of nitrogens with one attached hydrogen (secondary N) is 2. The molecule has 0 fully saturated rings. The Morgan fingerprint density at radius 2 is 1.95 bits per heavy atom. The maximum absolute atomic E-state index is 12.0. The summed E-state index contributed by atoms with van der Waals surface area (Å²) in [6.45, 7) is 8.12. The number of rotatable bonds is 7. The molecule has 20 heavy (non-hydrogen) atoms. The summed E-state index contributed by atoms with van der Waals surface area (Å²) in [4.78, 5) is 23.4. The van der Waals surface area contributed by atoms with Crippen molar-refractivity contribution in [3.63, 3.8) is 0 Å². The number of nitrogens with zero attached hydrogens (tertiary/aromatic N) is 1. The number of nitrogens with two attached hydrogens (primary N) is 1. The van der Waals surface area contributed by atoms with Crippen LogP contribution in [0.1, 0.15) is 50.3 Å². The molecule has 2 amide bonds. The van der Waals surface area contributed by atoms with Gasteiger partial charge in [0.1, 0.15) is 11.7 Å². The zero-order valence-electron chi connectivity index (χ0n) is 12.6. The topological polar surface area (TPSA) is 101 Å². The first-order valence-electron chi connectivity index (χ1n) is 6.94. The van der Waals surface area contributed by atoms with E-state index in [9.17, 15) is 9.59 Å². The van der Waals surface area contributed by atoms with Gasteiger partial charge >= 0.3 is 0 Å². The normalized spacial score (nSPS) is 12.7. The molecular formula is C14H24N4O2. The van der Waals surface area contributed by atoms with Gasteiger partial charge in [0, 0.05) is 5.69 Å². The molecule has 6 heteroatoms. The van der Waals surface area contributed by atoms with E-state index in [2.05, 4.69) is 29.4 Å². The summed E-state index contributed by atoms with van der Waals surface area (Å²) in [5.41, 5.74) is 6.50. The molecular weight excluding hydrogens is 256 g/mol. The Bertz CT molecular complexity index is 465. The zero-order chi connectivity index (χ0) is 15.3. The Kier molecular flexibility index (Phi) is 5.73. The van der Waals surface area contributed by atoms with Gasteiger partial charge in [0.05, 0.1) is 0 Å². The monoisotopic (exact) mass is 280 g/mol. The third kappa shape index (κ3) is 5.03. The summed E-state index contributed by atoms with van der Waals surface area (Å²) in [5, 5.41) is 9.44. The molecule has 0 unspecified atom stereocenters. The van der Waals surface area contributed by atoms with Crippen molar-refractivity contribution in [2.75, 3.05) is 0 Å². The van der Waals surface area contributed by atoms with Gasteiger partial charge in [0.2, 0.25) is 5.91 Å². The second-order valence-electron chi connectivity index (χ2n) is 5.93. The first-order valence-corrected chi connectivity index (χ1v) is 6.94. The largest absolute Gasteiger partial charge is 0.368 e. The molecule has 4 N–H and O–H groups in total. The van der Waals surface area contributed by atoms with Gasteiger partial charge in [-0.25, -0.2) is 0 Å². The maximum atomic E-state index is 12.0. The predicted molar refractivity (Wildman–Crippen MR) is 77.0 cm³/mol. The lowest BCUT2D eigenvalue weighted by molar-refractivity contribution is -0.120. The van der Waals surface area contributed by atoms with Crippen LogP contribution in [0.5, 0.6) is 0 Å². The summed E-state index contributed by atoms with van der Waals surface area (Å²) in [7, 11) is 0. The van der Waals surface area contributed by atoms with Crippen molar-refractivity contribution >= 4 is 11.8 Å². The van der Waals surface area contributed by atoms with Crippen LogP contribution in [0.2, 0.25) is 0 Å². The zero-order valence-corrected chi connectivity index (χ0v) is 12.6. The fourth-order valence-electron chi connectivity index (χ4n) is 1.97. The molecule has 1 aromatic rings. The quantitative estimate of drug-likeness (QED) is 0.700. The predicted octanol–water partition coefficient (Wildman–Crippen LogP) is 1.24. The highest BCUT2D eigenvalue weighted by atomic mass is 16.2. The van der Waals surface area contributed by atoms with E-state index >= 15 is 0 Å². The van der Waals surface area contributed by atoms with Crippen LogP contribution in [0, 0.1) is 11.8 Å². The highest BCUT2D eigenvalue weighted by molar-refractivity contribution is 5.95. The van der Waals surface area contributed by atoms with Gasteiger partial charge in [0.25, 0.3) is 5.91 Å². The first kappa shape index (κ1) is 16.2. The van der Waals surface area contributed by atoms with Crippen LogP contribution in [-0.2, 0) is 11.2 Å². The van der Waals surface area contributed by atoms with E-state index < -0.39 is 11.9 Å². The summed E-state index contributed by atoms with van der Waals surface area (Å²) < 4.78 is 0. The van der Waals surface area contributed by atoms with Crippen LogP contribution in [0.3, 0.4) is 0 Å². The summed E-state index contributed by atoms with van der Waals surface area (Å²) >= 11 is 0.